The number of thioether (sulfide) groups is 1. The van der Waals surface area contributed by atoms with Crippen LogP contribution in [-0.4, -0.2) is 26.8 Å². The van der Waals surface area contributed by atoms with Gasteiger partial charge in [0.2, 0.25) is 11.1 Å². The number of nitrogens with one attached hydrogen (secondary N) is 1. The van der Waals surface area contributed by atoms with E-state index in [4.69, 9.17) is 4.42 Å². The molecule has 1 aliphatic carbocycles. The molecule has 4 heterocycles. The van der Waals surface area contributed by atoms with Crippen LogP contribution >= 0.6 is 23.1 Å². The Morgan fingerprint density at radius 2 is 2.27 bits per heavy atom. The number of Topliss-reactive ketones (excluding diaryl/α,β-unsaturated/α-hetero) is 1. The summed E-state index contributed by atoms with van der Waals surface area (Å²) in [6.07, 6.45) is 4.80. The van der Waals surface area contributed by atoms with E-state index in [1.54, 1.807) is 17.6 Å². The van der Waals surface area contributed by atoms with Crippen LogP contribution in [0.3, 0.4) is 0 Å². The Morgan fingerprint density at radius 1 is 1.35 bits per heavy atom. The third-order valence-corrected chi connectivity index (χ3v) is 6.30. The molecule has 132 valence electrons. The second kappa shape index (κ2) is 6.14. The van der Waals surface area contributed by atoms with Crippen LogP contribution in [0.5, 0.6) is 0 Å². The minimum atomic E-state index is -0.209. The van der Waals surface area contributed by atoms with Crippen molar-refractivity contribution in [1.29, 1.82) is 0 Å². The molecule has 0 amide bonds. The SMILES string of the molecule is CSc1nc2n(n1)[C@H](c1cccs1)C1=C(C[C@@H](c3ccco3)CC1=O)N2. The maximum atomic E-state index is 13.1. The zero-order chi connectivity index (χ0) is 17.7. The van der Waals surface area contributed by atoms with E-state index >= 15 is 0 Å². The number of rotatable bonds is 3. The largest absolute Gasteiger partial charge is 0.469 e. The number of fused-ring (bicyclic) bond motifs is 1. The Kier molecular flexibility index (Phi) is 3.75. The number of hydrogen-bond donors (Lipinski definition) is 1. The van der Waals surface area contributed by atoms with Crippen molar-refractivity contribution in [1.82, 2.24) is 14.8 Å². The van der Waals surface area contributed by atoms with Crippen LogP contribution in [0.15, 0.2) is 56.8 Å². The van der Waals surface area contributed by atoms with Crippen molar-refractivity contribution in [3.05, 3.63) is 57.8 Å². The number of carbonyl (C=O) groups excluding carboxylic acids is 1. The average molecular weight is 384 g/mol. The zero-order valence-corrected chi connectivity index (χ0v) is 15.6. The van der Waals surface area contributed by atoms with Gasteiger partial charge in [-0.1, -0.05) is 17.8 Å². The number of anilines is 1. The average Bonchev–Trinajstić information content (AvgIpc) is 3.40. The first kappa shape index (κ1) is 15.9. The summed E-state index contributed by atoms with van der Waals surface area (Å²) < 4.78 is 7.40. The van der Waals surface area contributed by atoms with Crippen molar-refractivity contribution < 1.29 is 9.21 Å². The summed E-state index contributed by atoms with van der Waals surface area (Å²) in [6, 6.07) is 7.67. The lowest BCUT2D eigenvalue weighted by Gasteiger charge is -2.33. The normalized spacial score (nSPS) is 22.1. The molecule has 5 rings (SSSR count). The van der Waals surface area contributed by atoms with E-state index in [2.05, 4.69) is 21.5 Å². The fourth-order valence-corrected chi connectivity index (χ4v) is 4.88. The van der Waals surface area contributed by atoms with E-state index < -0.39 is 0 Å². The quantitative estimate of drug-likeness (QED) is 0.686. The Morgan fingerprint density at radius 3 is 3.00 bits per heavy atom. The van der Waals surface area contributed by atoms with Gasteiger partial charge < -0.3 is 9.73 Å². The first-order chi connectivity index (χ1) is 12.7. The molecule has 26 heavy (non-hydrogen) atoms. The number of carbonyl (C=O) groups is 1. The molecule has 0 aromatic carbocycles. The molecule has 2 atom stereocenters. The van der Waals surface area contributed by atoms with Gasteiger partial charge in [0.1, 0.15) is 11.8 Å². The van der Waals surface area contributed by atoms with Crippen LogP contribution in [-0.2, 0) is 4.79 Å². The van der Waals surface area contributed by atoms with Crippen LogP contribution < -0.4 is 5.32 Å². The number of thiophene rings is 1. The highest BCUT2D eigenvalue weighted by molar-refractivity contribution is 7.98. The van der Waals surface area contributed by atoms with Gasteiger partial charge in [-0.3, -0.25) is 4.79 Å². The highest BCUT2D eigenvalue weighted by Crippen LogP contribution is 2.45. The van der Waals surface area contributed by atoms with E-state index in [1.165, 1.54) is 11.8 Å². The van der Waals surface area contributed by atoms with Crippen molar-refractivity contribution in [2.75, 3.05) is 11.6 Å². The number of allylic oxidation sites excluding steroid dienone is 2. The van der Waals surface area contributed by atoms with Gasteiger partial charge in [0.15, 0.2) is 5.78 Å². The Bertz CT molecular complexity index is 989. The molecular formula is C18H16N4O2S2. The molecule has 6 nitrogen and oxygen atoms in total. The number of furan rings is 1. The van der Waals surface area contributed by atoms with Crippen molar-refractivity contribution in [3.8, 4) is 0 Å². The lowest BCUT2D eigenvalue weighted by atomic mass is 9.81. The van der Waals surface area contributed by atoms with Gasteiger partial charge in [-0.05, 0) is 36.3 Å². The molecule has 8 heteroatoms. The molecule has 0 unspecified atom stereocenters. The Labute approximate surface area is 158 Å². The van der Waals surface area contributed by atoms with Crippen molar-refractivity contribution in [2.45, 2.75) is 30.0 Å². The van der Waals surface area contributed by atoms with E-state index in [-0.39, 0.29) is 17.7 Å². The summed E-state index contributed by atoms with van der Waals surface area (Å²) in [5, 5.41) is 10.7. The van der Waals surface area contributed by atoms with E-state index in [0.29, 0.717) is 17.5 Å². The van der Waals surface area contributed by atoms with Gasteiger partial charge in [0.25, 0.3) is 0 Å². The topological polar surface area (TPSA) is 73.0 Å². The minimum Gasteiger partial charge on any atom is -0.469 e. The summed E-state index contributed by atoms with van der Waals surface area (Å²) in [6.45, 7) is 0. The Hall–Kier alpha value is -2.32. The molecule has 0 bridgehead atoms. The molecular weight excluding hydrogens is 368 g/mol. The monoisotopic (exact) mass is 384 g/mol. The molecule has 1 N–H and O–H groups in total. The van der Waals surface area contributed by atoms with Gasteiger partial charge >= 0.3 is 0 Å². The second-order valence-corrected chi connectivity index (χ2v) is 8.10. The molecule has 0 saturated heterocycles. The minimum absolute atomic E-state index is 0.0576. The molecule has 0 saturated carbocycles. The van der Waals surface area contributed by atoms with Crippen molar-refractivity contribution in [3.63, 3.8) is 0 Å². The van der Waals surface area contributed by atoms with E-state index in [0.717, 1.165) is 28.3 Å². The maximum Gasteiger partial charge on any atom is 0.227 e. The van der Waals surface area contributed by atoms with E-state index in [9.17, 15) is 4.79 Å². The zero-order valence-electron chi connectivity index (χ0n) is 14.0. The first-order valence-electron chi connectivity index (χ1n) is 8.35. The smallest absolute Gasteiger partial charge is 0.227 e. The summed E-state index contributed by atoms with van der Waals surface area (Å²) in [7, 11) is 0. The van der Waals surface area contributed by atoms with Crippen molar-refractivity contribution >= 4 is 34.8 Å². The molecule has 0 fully saturated rings. The maximum absolute atomic E-state index is 13.1. The third kappa shape index (κ3) is 2.44. The van der Waals surface area contributed by atoms with Crippen molar-refractivity contribution in [2.24, 2.45) is 0 Å². The molecule has 0 radical (unpaired) electrons. The summed E-state index contributed by atoms with van der Waals surface area (Å²) in [5.41, 5.74) is 1.74. The van der Waals surface area contributed by atoms with E-state index in [1.807, 2.05) is 34.5 Å². The van der Waals surface area contributed by atoms with Gasteiger partial charge in [0, 0.05) is 28.5 Å². The van der Waals surface area contributed by atoms with Gasteiger partial charge in [-0.15, -0.1) is 16.4 Å². The lowest BCUT2D eigenvalue weighted by Crippen LogP contribution is -2.33. The fraction of sp³-hybridized carbons (Fsp3) is 0.278. The molecule has 0 spiro atoms. The van der Waals surface area contributed by atoms with Crippen LogP contribution in [0, 0.1) is 0 Å². The van der Waals surface area contributed by atoms with Crippen LogP contribution in [0.25, 0.3) is 0 Å². The highest BCUT2D eigenvalue weighted by Gasteiger charge is 2.40. The number of ketones is 1. The Balaban J connectivity index is 1.62. The molecule has 2 aliphatic rings. The van der Waals surface area contributed by atoms with Gasteiger partial charge in [0.05, 0.1) is 6.26 Å². The van der Waals surface area contributed by atoms with Crippen LogP contribution in [0.1, 0.15) is 35.4 Å². The lowest BCUT2D eigenvalue weighted by molar-refractivity contribution is -0.116. The number of aromatic nitrogens is 3. The van der Waals surface area contributed by atoms with Gasteiger partial charge in [-0.2, -0.15) is 4.98 Å². The third-order valence-electron chi connectivity index (χ3n) is 4.84. The number of hydrogen-bond acceptors (Lipinski definition) is 7. The standard InChI is InChI=1S/C18H16N4O2S2/c1-25-18-20-17-19-11-8-10(13-4-2-6-24-13)9-12(23)15(11)16(22(17)21-18)14-5-3-7-26-14/h2-7,10,16H,8-9H2,1H3,(H,19,20,21)/t10-,16-/m1/s1. The van der Waals surface area contributed by atoms with Gasteiger partial charge in [-0.25, -0.2) is 4.68 Å². The summed E-state index contributed by atoms with van der Waals surface area (Å²) in [4.78, 5) is 18.8. The first-order valence-corrected chi connectivity index (χ1v) is 10.5. The number of nitrogens with zero attached hydrogens (tertiary/aromatic N) is 3. The predicted molar refractivity (Wildman–Crippen MR) is 101 cm³/mol. The fourth-order valence-electron chi connectivity index (χ4n) is 3.71. The molecule has 1 aliphatic heterocycles. The highest BCUT2D eigenvalue weighted by atomic mass is 32.2. The summed E-state index contributed by atoms with van der Waals surface area (Å²) in [5.74, 6) is 1.75. The molecule has 3 aromatic heterocycles. The van der Waals surface area contributed by atoms with Crippen LogP contribution in [0.4, 0.5) is 5.95 Å². The predicted octanol–water partition coefficient (Wildman–Crippen LogP) is 4.07. The summed E-state index contributed by atoms with van der Waals surface area (Å²) >= 11 is 3.13. The second-order valence-electron chi connectivity index (χ2n) is 6.35. The van der Waals surface area contributed by atoms with Crippen LogP contribution in [0.2, 0.25) is 0 Å². The molecule has 3 aromatic rings.